The molecule has 0 aromatic heterocycles. The molecule has 1 aliphatic heterocycles. The van der Waals surface area contributed by atoms with E-state index in [0.29, 0.717) is 5.84 Å². The van der Waals surface area contributed by atoms with Gasteiger partial charge in [0.2, 0.25) is 0 Å². The number of aliphatic imine (C=N–C) groups is 1. The molecule has 0 atom stereocenters. The summed E-state index contributed by atoms with van der Waals surface area (Å²) in [6.07, 6.45) is 0. The molecule has 4 heteroatoms. The first-order valence-electron chi connectivity index (χ1n) is 5.09. The van der Waals surface area contributed by atoms with Crippen molar-refractivity contribution in [3.63, 3.8) is 0 Å². The Bertz CT molecular complexity index is 464. The smallest absolute Gasteiger partial charge is 0.252 e. The number of hydrogen-bond donors (Lipinski definition) is 1. The molecule has 0 unspecified atom stereocenters. The van der Waals surface area contributed by atoms with E-state index in [4.69, 9.17) is 4.74 Å². The minimum absolute atomic E-state index is 0.0784. The Hall–Kier alpha value is -1.84. The van der Waals surface area contributed by atoms with Crippen molar-refractivity contribution in [1.82, 2.24) is 5.32 Å². The number of carbonyl (C=O) groups excluding carboxylic acids is 1. The third-order valence-corrected chi connectivity index (χ3v) is 2.52. The van der Waals surface area contributed by atoms with Crippen LogP contribution in [0.2, 0.25) is 0 Å². The number of rotatable bonds is 2. The van der Waals surface area contributed by atoms with Crippen molar-refractivity contribution in [2.24, 2.45) is 4.99 Å². The van der Waals surface area contributed by atoms with Gasteiger partial charge in [-0.15, -0.1) is 0 Å². The molecular formula is C12H14N2O2. The summed E-state index contributed by atoms with van der Waals surface area (Å²) in [5.41, 5.74) is 0.177. The van der Waals surface area contributed by atoms with E-state index in [0.717, 1.165) is 11.3 Å². The Kier molecular flexibility index (Phi) is 2.42. The average molecular weight is 218 g/mol. The molecule has 4 nitrogen and oxygen atoms in total. The van der Waals surface area contributed by atoms with E-state index in [-0.39, 0.29) is 5.91 Å². The number of amidine groups is 1. The van der Waals surface area contributed by atoms with Crippen LogP contribution in [0.1, 0.15) is 19.4 Å². The molecule has 1 aromatic carbocycles. The lowest BCUT2D eigenvalue weighted by atomic mass is 10.1. The third-order valence-electron chi connectivity index (χ3n) is 2.52. The summed E-state index contributed by atoms with van der Waals surface area (Å²) in [5, 5.41) is 2.77. The summed E-state index contributed by atoms with van der Waals surface area (Å²) in [6, 6.07) is 7.46. The lowest BCUT2D eigenvalue weighted by Gasteiger charge is -2.07. The van der Waals surface area contributed by atoms with Crippen molar-refractivity contribution in [3.8, 4) is 5.75 Å². The van der Waals surface area contributed by atoms with E-state index in [2.05, 4.69) is 10.3 Å². The molecule has 0 radical (unpaired) electrons. The first-order valence-corrected chi connectivity index (χ1v) is 5.09. The van der Waals surface area contributed by atoms with Crippen molar-refractivity contribution >= 4 is 11.7 Å². The maximum absolute atomic E-state index is 11.6. The number of nitrogens with one attached hydrogen (secondary N) is 1. The topological polar surface area (TPSA) is 50.7 Å². The van der Waals surface area contributed by atoms with Crippen molar-refractivity contribution < 1.29 is 9.53 Å². The van der Waals surface area contributed by atoms with Crippen LogP contribution in [0.15, 0.2) is 29.3 Å². The van der Waals surface area contributed by atoms with Gasteiger partial charge in [0.15, 0.2) is 0 Å². The van der Waals surface area contributed by atoms with E-state index >= 15 is 0 Å². The molecule has 0 bridgehead atoms. The highest BCUT2D eigenvalue weighted by Gasteiger charge is 2.34. The van der Waals surface area contributed by atoms with Gasteiger partial charge >= 0.3 is 0 Å². The van der Waals surface area contributed by atoms with Crippen molar-refractivity contribution in [2.75, 3.05) is 7.11 Å². The van der Waals surface area contributed by atoms with Gasteiger partial charge in [0.1, 0.15) is 17.1 Å². The van der Waals surface area contributed by atoms with Crippen LogP contribution in [-0.2, 0) is 4.79 Å². The summed E-state index contributed by atoms with van der Waals surface area (Å²) in [4.78, 5) is 15.9. The highest BCUT2D eigenvalue weighted by Crippen LogP contribution is 2.20. The minimum atomic E-state index is -0.682. The van der Waals surface area contributed by atoms with Crippen LogP contribution < -0.4 is 10.1 Å². The van der Waals surface area contributed by atoms with Gasteiger partial charge in [0.25, 0.3) is 5.91 Å². The van der Waals surface area contributed by atoms with E-state index in [1.807, 2.05) is 24.3 Å². The van der Waals surface area contributed by atoms with Crippen LogP contribution in [-0.4, -0.2) is 24.4 Å². The number of amides is 1. The number of benzene rings is 1. The second kappa shape index (κ2) is 3.63. The lowest BCUT2D eigenvalue weighted by molar-refractivity contribution is -0.122. The number of methoxy groups -OCH3 is 1. The Labute approximate surface area is 94.3 Å². The van der Waals surface area contributed by atoms with Crippen LogP contribution in [0, 0.1) is 0 Å². The molecule has 0 fully saturated rings. The van der Waals surface area contributed by atoms with Gasteiger partial charge in [0.05, 0.1) is 7.11 Å². The Morgan fingerprint density at radius 2 is 2.12 bits per heavy atom. The molecule has 0 spiro atoms. The van der Waals surface area contributed by atoms with Crippen LogP contribution in [0.4, 0.5) is 0 Å². The number of carbonyl (C=O) groups is 1. The van der Waals surface area contributed by atoms with Gasteiger partial charge in [-0.3, -0.25) is 9.79 Å². The van der Waals surface area contributed by atoms with Crippen LogP contribution in [0.3, 0.4) is 0 Å². The predicted molar refractivity (Wildman–Crippen MR) is 61.8 cm³/mol. The van der Waals surface area contributed by atoms with Gasteiger partial charge in [-0.25, -0.2) is 0 Å². The van der Waals surface area contributed by atoms with Crippen molar-refractivity contribution in [3.05, 3.63) is 29.8 Å². The molecule has 1 aliphatic rings. The molecule has 0 saturated heterocycles. The SMILES string of the molecule is COc1cccc(C2=NC(C)(C)C(=O)N2)c1. The highest BCUT2D eigenvalue weighted by atomic mass is 16.5. The largest absolute Gasteiger partial charge is 0.497 e. The molecule has 1 heterocycles. The standard InChI is InChI=1S/C12H14N2O2/c1-12(2)11(15)13-10(14-12)8-5-4-6-9(7-8)16-3/h4-7H,1-3H3,(H,13,14,15). The summed E-state index contributed by atoms with van der Waals surface area (Å²) in [5.74, 6) is 1.28. The maximum Gasteiger partial charge on any atom is 0.252 e. The number of hydrogen-bond acceptors (Lipinski definition) is 3. The van der Waals surface area contributed by atoms with Crippen LogP contribution in [0.25, 0.3) is 0 Å². The second-order valence-corrected chi connectivity index (χ2v) is 4.21. The van der Waals surface area contributed by atoms with Gasteiger partial charge in [-0.2, -0.15) is 0 Å². The maximum atomic E-state index is 11.6. The molecule has 1 amide bonds. The summed E-state index contributed by atoms with van der Waals surface area (Å²) in [6.45, 7) is 3.57. The summed E-state index contributed by atoms with van der Waals surface area (Å²) < 4.78 is 5.13. The summed E-state index contributed by atoms with van der Waals surface area (Å²) >= 11 is 0. The Balaban J connectivity index is 2.36. The highest BCUT2D eigenvalue weighted by molar-refractivity contribution is 6.15. The minimum Gasteiger partial charge on any atom is -0.497 e. The third kappa shape index (κ3) is 1.78. The van der Waals surface area contributed by atoms with Gasteiger partial charge in [-0.05, 0) is 26.0 Å². The van der Waals surface area contributed by atoms with Crippen molar-refractivity contribution in [2.45, 2.75) is 19.4 Å². The molecular weight excluding hydrogens is 204 g/mol. The fourth-order valence-corrected chi connectivity index (χ4v) is 1.53. The molecule has 16 heavy (non-hydrogen) atoms. The van der Waals surface area contributed by atoms with E-state index in [1.165, 1.54) is 0 Å². The summed E-state index contributed by atoms with van der Waals surface area (Å²) in [7, 11) is 1.61. The van der Waals surface area contributed by atoms with Crippen molar-refractivity contribution in [1.29, 1.82) is 0 Å². The van der Waals surface area contributed by atoms with Gasteiger partial charge in [0, 0.05) is 5.56 Å². The monoisotopic (exact) mass is 218 g/mol. The van der Waals surface area contributed by atoms with E-state index in [1.54, 1.807) is 21.0 Å². The fraction of sp³-hybridized carbons (Fsp3) is 0.333. The van der Waals surface area contributed by atoms with E-state index < -0.39 is 5.54 Å². The zero-order valence-corrected chi connectivity index (χ0v) is 9.57. The fourth-order valence-electron chi connectivity index (χ4n) is 1.53. The zero-order valence-electron chi connectivity index (χ0n) is 9.57. The first kappa shape index (κ1) is 10.7. The molecule has 1 aromatic rings. The predicted octanol–water partition coefficient (Wildman–Crippen LogP) is 1.35. The van der Waals surface area contributed by atoms with Crippen LogP contribution in [0.5, 0.6) is 5.75 Å². The number of nitrogens with zero attached hydrogens (tertiary/aromatic N) is 1. The number of ether oxygens (including phenoxy) is 1. The molecule has 0 saturated carbocycles. The molecule has 0 aliphatic carbocycles. The second-order valence-electron chi connectivity index (χ2n) is 4.21. The quantitative estimate of drug-likeness (QED) is 0.814. The first-order chi connectivity index (χ1) is 7.53. The van der Waals surface area contributed by atoms with E-state index in [9.17, 15) is 4.79 Å². The Morgan fingerprint density at radius 3 is 2.69 bits per heavy atom. The van der Waals surface area contributed by atoms with Gasteiger partial charge < -0.3 is 10.1 Å². The van der Waals surface area contributed by atoms with Crippen LogP contribution >= 0.6 is 0 Å². The van der Waals surface area contributed by atoms with Gasteiger partial charge in [-0.1, -0.05) is 12.1 Å². The lowest BCUT2D eigenvalue weighted by Crippen LogP contribution is -2.34. The molecule has 2 rings (SSSR count). The molecule has 1 N–H and O–H groups in total. The zero-order chi connectivity index (χ0) is 11.8. The Morgan fingerprint density at radius 1 is 1.38 bits per heavy atom. The molecule has 84 valence electrons. The normalized spacial score (nSPS) is 17.9. The average Bonchev–Trinajstić information content (AvgIpc) is 2.54.